The van der Waals surface area contributed by atoms with E-state index < -0.39 is 18.0 Å². The molecule has 0 bridgehead atoms. The van der Waals surface area contributed by atoms with Crippen molar-refractivity contribution in [3.8, 4) is 10.6 Å². The number of amides is 1. The Morgan fingerprint density at radius 1 is 1.32 bits per heavy atom. The molecule has 0 saturated heterocycles. The Kier molecular flexibility index (Phi) is 6.60. The van der Waals surface area contributed by atoms with Crippen LogP contribution in [0.5, 0.6) is 0 Å². The normalized spacial score (nSPS) is 11.8. The van der Waals surface area contributed by atoms with Gasteiger partial charge in [0, 0.05) is 19.2 Å². The first kappa shape index (κ1) is 19.0. The van der Waals surface area contributed by atoms with Crippen molar-refractivity contribution in [3.05, 3.63) is 40.7 Å². The number of methoxy groups -OCH3 is 1. The highest BCUT2D eigenvalue weighted by atomic mass is 32.1. The van der Waals surface area contributed by atoms with Crippen molar-refractivity contribution in [2.45, 2.75) is 20.0 Å². The van der Waals surface area contributed by atoms with E-state index in [1.165, 1.54) is 26.2 Å². The average Bonchev–Trinajstić information content (AvgIpc) is 2.97. The number of benzene rings is 1. The van der Waals surface area contributed by atoms with E-state index in [1.54, 1.807) is 19.1 Å². The van der Waals surface area contributed by atoms with Crippen LogP contribution in [0.25, 0.3) is 10.6 Å². The summed E-state index contributed by atoms with van der Waals surface area (Å²) in [6.45, 7) is 3.90. The van der Waals surface area contributed by atoms with Crippen molar-refractivity contribution < 1.29 is 23.5 Å². The predicted molar refractivity (Wildman–Crippen MR) is 92.0 cm³/mol. The summed E-state index contributed by atoms with van der Waals surface area (Å²) in [5, 5.41) is 3.19. The van der Waals surface area contributed by atoms with E-state index in [2.05, 4.69) is 10.3 Å². The molecule has 0 saturated carbocycles. The number of aryl methyl sites for hydroxylation is 1. The van der Waals surface area contributed by atoms with Gasteiger partial charge in [-0.15, -0.1) is 11.3 Å². The largest absolute Gasteiger partial charge is 0.448 e. The summed E-state index contributed by atoms with van der Waals surface area (Å²) >= 11 is 1.14. The molecule has 0 radical (unpaired) electrons. The molecule has 0 aliphatic heterocycles. The van der Waals surface area contributed by atoms with Crippen LogP contribution >= 0.6 is 11.3 Å². The number of halogens is 1. The fraction of sp³-hybridized carbons (Fsp3) is 0.353. The topological polar surface area (TPSA) is 77.5 Å². The lowest BCUT2D eigenvalue weighted by molar-refractivity contribution is -0.129. The van der Waals surface area contributed by atoms with E-state index in [9.17, 15) is 14.0 Å². The van der Waals surface area contributed by atoms with Gasteiger partial charge in [-0.2, -0.15) is 0 Å². The van der Waals surface area contributed by atoms with E-state index >= 15 is 0 Å². The molecule has 0 fully saturated rings. The zero-order chi connectivity index (χ0) is 18.4. The first-order valence-corrected chi connectivity index (χ1v) is 8.45. The third kappa shape index (κ3) is 5.07. The van der Waals surface area contributed by atoms with Crippen LogP contribution in [-0.2, 0) is 14.3 Å². The molecule has 134 valence electrons. The summed E-state index contributed by atoms with van der Waals surface area (Å²) in [5.41, 5.74) is 1.21. The lowest BCUT2D eigenvalue weighted by atomic mass is 10.2. The standard InChI is InChI=1S/C17H19FN2O4S/c1-10-14(17(22)24-11(2)15(21)19-8-9-23-3)25-16(20-10)12-4-6-13(18)7-5-12/h4-7,11H,8-9H2,1-3H3,(H,19,21)/t11-/m0/s1. The molecular weight excluding hydrogens is 347 g/mol. The maximum Gasteiger partial charge on any atom is 0.351 e. The second-order valence-electron chi connectivity index (χ2n) is 5.27. The zero-order valence-corrected chi connectivity index (χ0v) is 15.0. The van der Waals surface area contributed by atoms with Gasteiger partial charge in [0.25, 0.3) is 5.91 Å². The first-order valence-electron chi connectivity index (χ1n) is 7.63. The lowest BCUT2D eigenvalue weighted by Gasteiger charge is -2.12. The number of thiazole rings is 1. The number of hydrogen-bond donors (Lipinski definition) is 1. The fourth-order valence-corrected chi connectivity index (χ4v) is 2.94. The van der Waals surface area contributed by atoms with Crippen molar-refractivity contribution in [1.29, 1.82) is 0 Å². The number of hydrogen-bond acceptors (Lipinski definition) is 6. The molecule has 2 rings (SSSR count). The molecule has 1 aromatic carbocycles. The second-order valence-corrected chi connectivity index (χ2v) is 6.27. The number of rotatable bonds is 7. The molecule has 8 heteroatoms. The summed E-state index contributed by atoms with van der Waals surface area (Å²) in [4.78, 5) is 28.8. The number of esters is 1. The smallest absolute Gasteiger partial charge is 0.351 e. The third-order valence-corrected chi connectivity index (χ3v) is 4.52. The molecule has 0 aliphatic carbocycles. The number of carbonyl (C=O) groups excluding carboxylic acids is 2. The first-order chi connectivity index (χ1) is 11.9. The fourth-order valence-electron chi connectivity index (χ4n) is 1.99. The number of aromatic nitrogens is 1. The minimum Gasteiger partial charge on any atom is -0.448 e. The molecule has 1 heterocycles. The Labute approximate surface area is 149 Å². The van der Waals surface area contributed by atoms with Gasteiger partial charge in [-0.25, -0.2) is 14.2 Å². The van der Waals surface area contributed by atoms with Gasteiger partial charge in [-0.3, -0.25) is 4.79 Å². The van der Waals surface area contributed by atoms with E-state index in [1.807, 2.05) is 0 Å². The van der Waals surface area contributed by atoms with Crippen molar-refractivity contribution >= 4 is 23.2 Å². The van der Waals surface area contributed by atoms with Gasteiger partial charge in [0.15, 0.2) is 6.10 Å². The summed E-state index contributed by atoms with van der Waals surface area (Å²) in [5.74, 6) is -1.35. The Hall–Kier alpha value is -2.32. The average molecular weight is 366 g/mol. The van der Waals surface area contributed by atoms with Gasteiger partial charge in [-0.05, 0) is 38.1 Å². The predicted octanol–water partition coefficient (Wildman–Crippen LogP) is 2.57. The number of carbonyl (C=O) groups is 2. The molecule has 1 aromatic heterocycles. The van der Waals surface area contributed by atoms with Crippen LogP contribution in [0.1, 0.15) is 22.3 Å². The molecule has 0 aliphatic rings. The van der Waals surface area contributed by atoms with Crippen LogP contribution in [-0.4, -0.2) is 43.2 Å². The van der Waals surface area contributed by atoms with Crippen molar-refractivity contribution in [2.75, 3.05) is 20.3 Å². The summed E-state index contributed by atoms with van der Waals surface area (Å²) in [7, 11) is 1.53. The van der Waals surface area contributed by atoms with Crippen molar-refractivity contribution in [1.82, 2.24) is 10.3 Å². The van der Waals surface area contributed by atoms with E-state index in [-0.39, 0.29) is 5.82 Å². The minimum atomic E-state index is -0.930. The van der Waals surface area contributed by atoms with Crippen LogP contribution in [0.4, 0.5) is 4.39 Å². The second kappa shape index (κ2) is 8.68. The van der Waals surface area contributed by atoms with E-state index in [0.717, 1.165) is 11.3 Å². The SMILES string of the molecule is COCCNC(=O)[C@H](C)OC(=O)c1sc(-c2ccc(F)cc2)nc1C. The maximum absolute atomic E-state index is 13.0. The van der Waals surface area contributed by atoms with E-state index in [0.29, 0.717) is 34.3 Å². The van der Waals surface area contributed by atoms with Gasteiger partial charge < -0.3 is 14.8 Å². The highest BCUT2D eigenvalue weighted by Crippen LogP contribution is 2.28. The molecule has 0 spiro atoms. The maximum atomic E-state index is 13.0. The van der Waals surface area contributed by atoms with Crippen LogP contribution < -0.4 is 5.32 Å². The highest BCUT2D eigenvalue weighted by Gasteiger charge is 2.23. The summed E-state index contributed by atoms with van der Waals surface area (Å²) in [6.07, 6.45) is -0.930. The Morgan fingerprint density at radius 3 is 2.64 bits per heavy atom. The van der Waals surface area contributed by atoms with Gasteiger partial charge in [0.05, 0.1) is 12.3 Å². The molecule has 1 atom stereocenters. The molecular formula is C17H19FN2O4S. The molecule has 1 amide bonds. The molecule has 25 heavy (non-hydrogen) atoms. The van der Waals surface area contributed by atoms with Crippen molar-refractivity contribution in [2.24, 2.45) is 0 Å². The minimum absolute atomic E-state index is 0.316. The van der Waals surface area contributed by atoms with Gasteiger partial charge in [0.1, 0.15) is 15.7 Å². The summed E-state index contributed by atoms with van der Waals surface area (Å²) < 4.78 is 23.0. The molecule has 1 N–H and O–H groups in total. The molecule has 2 aromatic rings. The number of ether oxygens (including phenoxy) is 2. The number of nitrogens with one attached hydrogen (secondary N) is 1. The zero-order valence-electron chi connectivity index (χ0n) is 14.2. The highest BCUT2D eigenvalue weighted by molar-refractivity contribution is 7.17. The van der Waals surface area contributed by atoms with Crippen LogP contribution in [0.15, 0.2) is 24.3 Å². The Bertz CT molecular complexity index is 746. The third-order valence-electron chi connectivity index (χ3n) is 3.33. The van der Waals surface area contributed by atoms with Gasteiger partial charge in [0.2, 0.25) is 0 Å². The Morgan fingerprint density at radius 2 is 2.00 bits per heavy atom. The Balaban J connectivity index is 2.04. The van der Waals surface area contributed by atoms with Gasteiger partial charge in [-0.1, -0.05) is 0 Å². The summed E-state index contributed by atoms with van der Waals surface area (Å²) in [6, 6.07) is 5.84. The number of nitrogens with zero attached hydrogens (tertiary/aromatic N) is 1. The lowest BCUT2D eigenvalue weighted by Crippen LogP contribution is -2.37. The molecule has 0 unspecified atom stereocenters. The van der Waals surface area contributed by atoms with Gasteiger partial charge >= 0.3 is 5.97 Å². The van der Waals surface area contributed by atoms with Crippen LogP contribution in [0.2, 0.25) is 0 Å². The molecule has 6 nitrogen and oxygen atoms in total. The quantitative estimate of drug-likeness (QED) is 0.602. The monoisotopic (exact) mass is 366 g/mol. The van der Waals surface area contributed by atoms with Crippen LogP contribution in [0.3, 0.4) is 0 Å². The van der Waals surface area contributed by atoms with E-state index in [4.69, 9.17) is 9.47 Å². The van der Waals surface area contributed by atoms with Crippen molar-refractivity contribution in [3.63, 3.8) is 0 Å². The van der Waals surface area contributed by atoms with Crippen LogP contribution in [0, 0.1) is 12.7 Å².